The number of carbonyl (C=O) groups excluding carboxylic acids is 1. The fourth-order valence-corrected chi connectivity index (χ4v) is 2.57. The first-order valence-electron chi connectivity index (χ1n) is 5.99. The Morgan fingerprint density at radius 3 is 2.89 bits per heavy atom. The molecule has 2 nitrogen and oxygen atoms in total. The third kappa shape index (κ3) is 2.88. The number of hydrogen-bond donors (Lipinski definition) is 1. The molecule has 1 amide bonds. The highest BCUT2D eigenvalue weighted by Crippen LogP contribution is 2.26. The molecule has 1 saturated heterocycles. The van der Waals surface area contributed by atoms with Crippen LogP contribution in [0.3, 0.4) is 0 Å². The fourth-order valence-electron chi connectivity index (χ4n) is 2.20. The minimum Gasteiger partial charge on any atom is -0.356 e. The van der Waals surface area contributed by atoms with E-state index in [2.05, 4.69) is 21.2 Å². The number of halogens is 3. The van der Waals surface area contributed by atoms with Crippen LogP contribution in [0, 0.1) is 17.6 Å². The number of benzene rings is 1. The Morgan fingerprint density at radius 2 is 2.11 bits per heavy atom. The Morgan fingerprint density at radius 1 is 1.33 bits per heavy atom. The Balaban J connectivity index is 2.22. The Hall–Kier alpha value is -0.970. The van der Waals surface area contributed by atoms with Crippen molar-refractivity contribution >= 4 is 21.8 Å². The van der Waals surface area contributed by atoms with E-state index in [1.807, 2.05) is 0 Å². The van der Waals surface area contributed by atoms with Gasteiger partial charge in [0.25, 0.3) is 0 Å². The lowest BCUT2D eigenvalue weighted by Crippen LogP contribution is -2.30. The van der Waals surface area contributed by atoms with Crippen LogP contribution in [0.1, 0.15) is 24.8 Å². The van der Waals surface area contributed by atoms with Crippen LogP contribution in [0.4, 0.5) is 8.78 Å². The molecule has 1 aliphatic heterocycles. The zero-order valence-corrected chi connectivity index (χ0v) is 11.4. The summed E-state index contributed by atoms with van der Waals surface area (Å²) in [6, 6.07) is 2.55. The zero-order chi connectivity index (χ0) is 13.1. The molecule has 0 aliphatic carbocycles. The van der Waals surface area contributed by atoms with Crippen molar-refractivity contribution in [3.8, 4) is 0 Å². The van der Waals surface area contributed by atoms with Crippen LogP contribution in [0.2, 0.25) is 0 Å². The van der Waals surface area contributed by atoms with Crippen molar-refractivity contribution in [3.63, 3.8) is 0 Å². The fraction of sp³-hybridized carbons (Fsp3) is 0.462. The maximum Gasteiger partial charge on any atom is 0.223 e. The van der Waals surface area contributed by atoms with E-state index in [1.54, 1.807) is 0 Å². The van der Waals surface area contributed by atoms with E-state index < -0.39 is 11.6 Å². The number of nitrogens with one attached hydrogen (secondary N) is 1. The molecule has 0 saturated carbocycles. The third-order valence-electron chi connectivity index (χ3n) is 3.24. The lowest BCUT2D eigenvalue weighted by molar-refractivity contribution is -0.124. The van der Waals surface area contributed by atoms with E-state index in [4.69, 9.17) is 0 Å². The molecule has 0 aromatic heterocycles. The predicted octanol–water partition coefficient (Wildman–Crippen LogP) is 3.19. The molecule has 0 radical (unpaired) electrons. The highest BCUT2D eigenvalue weighted by molar-refractivity contribution is 9.10. The van der Waals surface area contributed by atoms with E-state index in [1.165, 1.54) is 12.1 Å². The van der Waals surface area contributed by atoms with Crippen molar-refractivity contribution in [2.75, 3.05) is 6.54 Å². The third-order valence-corrected chi connectivity index (χ3v) is 3.85. The lowest BCUT2D eigenvalue weighted by Gasteiger charge is -2.14. The van der Waals surface area contributed by atoms with Gasteiger partial charge in [-0.05, 0) is 47.3 Å². The van der Waals surface area contributed by atoms with E-state index >= 15 is 0 Å². The van der Waals surface area contributed by atoms with Gasteiger partial charge in [-0.25, -0.2) is 8.78 Å². The summed E-state index contributed by atoms with van der Waals surface area (Å²) in [7, 11) is 0. The molecule has 1 N–H and O–H groups in total. The highest BCUT2D eigenvalue weighted by atomic mass is 79.9. The minimum absolute atomic E-state index is 0.00794. The number of carbonyl (C=O) groups is 1. The van der Waals surface area contributed by atoms with Gasteiger partial charge in [0.15, 0.2) is 0 Å². The summed E-state index contributed by atoms with van der Waals surface area (Å²) in [4.78, 5) is 11.8. The first-order chi connectivity index (χ1) is 8.59. The van der Waals surface area contributed by atoms with Crippen LogP contribution in [-0.4, -0.2) is 12.5 Å². The molecule has 0 bridgehead atoms. The van der Waals surface area contributed by atoms with Gasteiger partial charge in [0.1, 0.15) is 11.6 Å². The summed E-state index contributed by atoms with van der Waals surface area (Å²) in [6.07, 6.45) is 2.62. The topological polar surface area (TPSA) is 29.1 Å². The van der Waals surface area contributed by atoms with Crippen LogP contribution < -0.4 is 5.32 Å². The molecule has 2 rings (SSSR count). The van der Waals surface area contributed by atoms with E-state index in [9.17, 15) is 13.6 Å². The standard InChI is InChI=1S/C13H14BrF2NO/c14-10-4-5-11(15)9(12(10)16)7-8-3-1-2-6-17-13(8)18/h4-5,8H,1-3,6-7H2,(H,17,18). The quantitative estimate of drug-likeness (QED) is 0.834. The van der Waals surface area contributed by atoms with Crippen molar-refractivity contribution in [1.29, 1.82) is 0 Å². The molecule has 1 fully saturated rings. The zero-order valence-electron chi connectivity index (χ0n) is 9.81. The van der Waals surface area contributed by atoms with Gasteiger partial charge in [0.05, 0.1) is 4.47 Å². The van der Waals surface area contributed by atoms with Gasteiger partial charge >= 0.3 is 0 Å². The molecule has 98 valence electrons. The maximum absolute atomic E-state index is 13.8. The summed E-state index contributed by atoms with van der Waals surface area (Å²) in [5.74, 6) is -1.64. The second-order valence-corrected chi connectivity index (χ2v) is 5.36. The second kappa shape index (κ2) is 5.78. The van der Waals surface area contributed by atoms with Crippen molar-refractivity contribution in [2.24, 2.45) is 5.92 Å². The van der Waals surface area contributed by atoms with Gasteiger partial charge in [-0.3, -0.25) is 4.79 Å². The number of amides is 1. The lowest BCUT2D eigenvalue weighted by atomic mass is 9.94. The second-order valence-electron chi connectivity index (χ2n) is 4.51. The molecule has 1 unspecified atom stereocenters. The molecule has 1 aromatic carbocycles. The summed E-state index contributed by atoms with van der Waals surface area (Å²) in [6.45, 7) is 0.652. The normalized spacial score (nSPS) is 20.4. The summed E-state index contributed by atoms with van der Waals surface area (Å²) in [5, 5.41) is 2.77. The Kier molecular flexibility index (Phi) is 4.32. The molecular formula is C13H14BrF2NO. The monoisotopic (exact) mass is 317 g/mol. The van der Waals surface area contributed by atoms with Gasteiger partial charge in [-0.1, -0.05) is 6.42 Å². The average molecular weight is 318 g/mol. The molecular weight excluding hydrogens is 304 g/mol. The summed E-state index contributed by atoms with van der Waals surface area (Å²) < 4.78 is 27.7. The van der Waals surface area contributed by atoms with Crippen molar-refractivity contribution in [1.82, 2.24) is 5.32 Å². The first-order valence-corrected chi connectivity index (χ1v) is 6.79. The van der Waals surface area contributed by atoms with Crippen molar-refractivity contribution < 1.29 is 13.6 Å². The smallest absolute Gasteiger partial charge is 0.223 e. The van der Waals surface area contributed by atoms with Crippen LogP contribution >= 0.6 is 15.9 Å². The predicted molar refractivity (Wildman–Crippen MR) is 68.1 cm³/mol. The van der Waals surface area contributed by atoms with Gasteiger partial charge in [-0.2, -0.15) is 0 Å². The Bertz CT molecular complexity index is 465. The number of rotatable bonds is 2. The van der Waals surface area contributed by atoms with E-state index in [0.29, 0.717) is 13.0 Å². The van der Waals surface area contributed by atoms with Gasteiger partial charge in [0.2, 0.25) is 5.91 Å². The average Bonchev–Trinajstić information content (AvgIpc) is 2.55. The van der Waals surface area contributed by atoms with Gasteiger partial charge in [-0.15, -0.1) is 0 Å². The molecule has 5 heteroatoms. The van der Waals surface area contributed by atoms with Crippen LogP contribution in [0.25, 0.3) is 0 Å². The SMILES string of the molecule is O=C1NCCCCC1Cc1c(F)ccc(Br)c1F. The number of hydrogen-bond acceptors (Lipinski definition) is 1. The highest BCUT2D eigenvalue weighted by Gasteiger charge is 2.24. The maximum atomic E-state index is 13.8. The largest absolute Gasteiger partial charge is 0.356 e. The van der Waals surface area contributed by atoms with Crippen molar-refractivity contribution in [3.05, 3.63) is 33.8 Å². The van der Waals surface area contributed by atoms with Crippen LogP contribution in [0.5, 0.6) is 0 Å². The molecule has 1 aromatic rings. The summed E-state index contributed by atoms with van der Waals surface area (Å²) >= 11 is 3.03. The van der Waals surface area contributed by atoms with Gasteiger partial charge < -0.3 is 5.32 Å². The first kappa shape index (κ1) is 13.5. The summed E-state index contributed by atoms with van der Waals surface area (Å²) in [5.41, 5.74) is -0.00794. The molecule has 1 heterocycles. The van der Waals surface area contributed by atoms with E-state index in [-0.39, 0.29) is 28.3 Å². The molecule has 0 spiro atoms. The van der Waals surface area contributed by atoms with Gasteiger partial charge in [0, 0.05) is 18.0 Å². The molecule has 18 heavy (non-hydrogen) atoms. The minimum atomic E-state index is -0.605. The van der Waals surface area contributed by atoms with Crippen LogP contribution in [-0.2, 0) is 11.2 Å². The molecule has 1 aliphatic rings. The van der Waals surface area contributed by atoms with Crippen LogP contribution in [0.15, 0.2) is 16.6 Å². The van der Waals surface area contributed by atoms with E-state index in [0.717, 1.165) is 12.8 Å². The Labute approximate surface area is 113 Å². The van der Waals surface area contributed by atoms with Crippen molar-refractivity contribution in [2.45, 2.75) is 25.7 Å². The molecule has 1 atom stereocenters.